The summed E-state index contributed by atoms with van der Waals surface area (Å²) in [5.41, 5.74) is 1.73. The highest BCUT2D eigenvalue weighted by Gasteiger charge is 2.31. The van der Waals surface area contributed by atoms with Crippen molar-refractivity contribution in [3.05, 3.63) is 58.8 Å². The molecular formula is C16H14F3NO. The normalized spacial score (nSPS) is 22.0. The van der Waals surface area contributed by atoms with E-state index in [1.807, 2.05) is 12.2 Å². The summed E-state index contributed by atoms with van der Waals surface area (Å²) in [6, 6.07) is 5.03. The number of nitrogens with one attached hydrogen (secondary N) is 1. The molecule has 0 saturated carbocycles. The number of carbonyl (C=O) groups excluding carboxylic acids is 1. The van der Waals surface area contributed by atoms with Gasteiger partial charge in [0.25, 0.3) is 0 Å². The Labute approximate surface area is 120 Å². The van der Waals surface area contributed by atoms with Crippen molar-refractivity contribution in [2.75, 3.05) is 0 Å². The second-order valence-electron chi connectivity index (χ2n) is 5.29. The summed E-state index contributed by atoms with van der Waals surface area (Å²) in [6.45, 7) is 0. The number of Topliss-reactive ketones (excluding diaryl/α,β-unsaturated/α-hetero) is 1. The van der Waals surface area contributed by atoms with Gasteiger partial charge in [0.2, 0.25) is 0 Å². The van der Waals surface area contributed by atoms with Crippen molar-refractivity contribution in [1.29, 1.82) is 0 Å². The van der Waals surface area contributed by atoms with E-state index < -0.39 is 11.7 Å². The van der Waals surface area contributed by atoms with Gasteiger partial charge in [0, 0.05) is 6.42 Å². The molecule has 1 atom stereocenters. The molecule has 2 nitrogen and oxygen atoms in total. The molecule has 3 rings (SSSR count). The van der Waals surface area contributed by atoms with Crippen LogP contribution < -0.4 is 5.32 Å². The average molecular weight is 293 g/mol. The Bertz CT molecular complexity index is 626. The number of halogens is 3. The van der Waals surface area contributed by atoms with Gasteiger partial charge in [-0.05, 0) is 36.1 Å². The van der Waals surface area contributed by atoms with Crippen LogP contribution in [0.2, 0.25) is 0 Å². The van der Waals surface area contributed by atoms with E-state index in [0.717, 1.165) is 36.1 Å². The zero-order valence-corrected chi connectivity index (χ0v) is 11.2. The molecule has 1 aliphatic carbocycles. The molecule has 1 aliphatic heterocycles. The number of hydrogen-bond donors (Lipinski definition) is 1. The Kier molecular flexibility index (Phi) is 3.35. The molecule has 21 heavy (non-hydrogen) atoms. The third-order valence-corrected chi connectivity index (χ3v) is 3.88. The van der Waals surface area contributed by atoms with Crippen molar-refractivity contribution in [2.45, 2.75) is 31.5 Å². The van der Waals surface area contributed by atoms with Crippen LogP contribution in [0.5, 0.6) is 0 Å². The number of rotatable bonds is 1. The number of benzene rings is 1. The Morgan fingerprint density at radius 2 is 1.86 bits per heavy atom. The predicted molar refractivity (Wildman–Crippen MR) is 72.3 cm³/mol. The monoisotopic (exact) mass is 293 g/mol. The van der Waals surface area contributed by atoms with E-state index in [1.54, 1.807) is 0 Å². The number of alkyl halides is 3. The van der Waals surface area contributed by atoms with Crippen molar-refractivity contribution in [3.63, 3.8) is 0 Å². The minimum absolute atomic E-state index is 0.0455. The van der Waals surface area contributed by atoms with Crippen LogP contribution >= 0.6 is 0 Å². The van der Waals surface area contributed by atoms with Gasteiger partial charge in [0.15, 0.2) is 5.78 Å². The maximum absolute atomic E-state index is 12.6. The molecule has 0 radical (unpaired) electrons. The standard InChI is InChI=1S/C16H14F3NO/c17-16(18,19)12-7-4-10(5-8-12)13-9-6-11-2-1-3-14(21)15(11)20-13/h1-2,4-5,7-8,13,20H,3,6,9H2. The van der Waals surface area contributed by atoms with Gasteiger partial charge in [0.05, 0.1) is 17.3 Å². The minimum Gasteiger partial charge on any atom is -0.375 e. The maximum atomic E-state index is 12.6. The van der Waals surface area contributed by atoms with Crippen LogP contribution in [0.1, 0.15) is 36.4 Å². The molecule has 5 heteroatoms. The third-order valence-electron chi connectivity index (χ3n) is 3.88. The topological polar surface area (TPSA) is 29.1 Å². The molecule has 1 aromatic rings. The van der Waals surface area contributed by atoms with Gasteiger partial charge in [-0.3, -0.25) is 4.79 Å². The molecular weight excluding hydrogens is 279 g/mol. The fraction of sp³-hybridized carbons (Fsp3) is 0.312. The lowest BCUT2D eigenvalue weighted by atomic mass is 9.89. The SMILES string of the molecule is O=C1CC=CC2=C1NC(c1ccc(C(F)(F)F)cc1)CC2. The summed E-state index contributed by atoms with van der Waals surface area (Å²) in [4.78, 5) is 11.9. The summed E-state index contributed by atoms with van der Waals surface area (Å²) in [5.74, 6) is 0.0455. The van der Waals surface area contributed by atoms with E-state index in [1.165, 1.54) is 12.1 Å². The van der Waals surface area contributed by atoms with Crippen molar-refractivity contribution in [1.82, 2.24) is 5.32 Å². The van der Waals surface area contributed by atoms with Crippen LogP contribution in [0.25, 0.3) is 0 Å². The first-order valence-electron chi connectivity index (χ1n) is 6.82. The fourth-order valence-electron chi connectivity index (χ4n) is 2.75. The summed E-state index contributed by atoms with van der Waals surface area (Å²) in [7, 11) is 0. The van der Waals surface area contributed by atoms with Crippen molar-refractivity contribution in [3.8, 4) is 0 Å². The van der Waals surface area contributed by atoms with Gasteiger partial charge < -0.3 is 5.32 Å². The summed E-state index contributed by atoms with van der Waals surface area (Å²) in [6.07, 6.45) is 1.38. The van der Waals surface area contributed by atoms with Crippen molar-refractivity contribution in [2.24, 2.45) is 0 Å². The third kappa shape index (κ3) is 2.73. The lowest BCUT2D eigenvalue weighted by Gasteiger charge is -2.29. The van der Waals surface area contributed by atoms with Gasteiger partial charge in [-0.2, -0.15) is 13.2 Å². The van der Waals surface area contributed by atoms with Gasteiger partial charge in [-0.25, -0.2) is 0 Å². The Morgan fingerprint density at radius 1 is 1.14 bits per heavy atom. The first-order valence-corrected chi connectivity index (χ1v) is 6.82. The molecule has 1 N–H and O–H groups in total. The molecule has 0 aromatic heterocycles. The predicted octanol–water partition coefficient (Wildman–Crippen LogP) is 3.91. The minimum atomic E-state index is -4.32. The zero-order chi connectivity index (χ0) is 15.0. The van der Waals surface area contributed by atoms with Crippen LogP contribution in [-0.4, -0.2) is 5.78 Å². The van der Waals surface area contributed by atoms with Gasteiger partial charge in [-0.1, -0.05) is 24.3 Å². The van der Waals surface area contributed by atoms with Gasteiger partial charge in [-0.15, -0.1) is 0 Å². The average Bonchev–Trinajstić information content (AvgIpc) is 2.47. The molecule has 1 aromatic carbocycles. The largest absolute Gasteiger partial charge is 0.416 e. The van der Waals surface area contributed by atoms with E-state index >= 15 is 0 Å². The Morgan fingerprint density at radius 3 is 2.52 bits per heavy atom. The quantitative estimate of drug-likeness (QED) is 0.850. The molecule has 0 bridgehead atoms. The van der Waals surface area contributed by atoms with E-state index in [0.29, 0.717) is 12.1 Å². The molecule has 1 unspecified atom stereocenters. The first kappa shape index (κ1) is 13.9. The smallest absolute Gasteiger partial charge is 0.375 e. The molecule has 0 saturated heterocycles. The number of allylic oxidation sites excluding steroid dienone is 4. The number of carbonyl (C=O) groups is 1. The molecule has 1 heterocycles. The van der Waals surface area contributed by atoms with E-state index in [-0.39, 0.29) is 11.8 Å². The summed E-state index contributed by atoms with van der Waals surface area (Å²) in [5, 5.41) is 3.18. The van der Waals surface area contributed by atoms with Crippen molar-refractivity contribution < 1.29 is 18.0 Å². The molecule has 2 aliphatic rings. The van der Waals surface area contributed by atoms with E-state index in [4.69, 9.17) is 0 Å². The Hall–Kier alpha value is -2.04. The van der Waals surface area contributed by atoms with Crippen LogP contribution in [0.15, 0.2) is 47.7 Å². The molecule has 0 fully saturated rings. The Balaban J connectivity index is 1.81. The number of ketones is 1. The fourth-order valence-corrected chi connectivity index (χ4v) is 2.75. The van der Waals surface area contributed by atoms with E-state index in [2.05, 4.69) is 5.32 Å². The molecule has 110 valence electrons. The van der Waals surface area contributed by atoms with Crippen LogP contribution in [0, 0.1) is 0 Å². The lowest BCUT2D eigenvalue weighted by molar-refractivity contribution is -0.137. The van der Waals surface area contributed by atoms with Crippen molar-refractivity contribution >= 4 is 5.78 Å². The highest BCUT2D eigenvalue weighted by atomic mass is 19.4. The highest BCUT2D eigenvalue weighted by Crippen LogP contribution is 2.34. The molecule has 0 spiro atoms. The zero-order valence-electron chi connectivity index (χ0n) is 11.2. The molecule has 0 amide bonds. The van der Waals surface area contributed by atoms with Crippen LogP contribution in [-0.2, 0) is 11.0 Å². The van der Waals surface area contributed by atoms with Crippen LogP contribution in [0.3, 0.4) is 0 Å². The lowest BCUT2D eigenvalue weighted by Crippen LogP contribution is -2.31. The van der Waals surface area contributed by atoms with Gasteiger partial charge >= 0.3 is 6.18 Å². The summed E-state index contributed by atoms with van der Waals surface area (Å²) < 4.78 is 37.7. The second-order valence-corrected chi connectivity index (χ2v) is 5.29. The summed E-state index contributed by atoms with van der Waals surface area (Å²) >= 11 is 0. The van der Waals surface area contributed by atoms with E-state index in [9.17, 15) is 18.0 Å². The van der Waals surface area contributed by atoms with Gasteiger partial charge in [0.1, 0.15) is 0 Å². The number of hydrogen-bond acceptors (Lipinski definition) is 2. The maximum Gasteiger partial charge on any atom is 0.416 e. The second kappa shape index (κ2) is 5.06. The highest BCUT2D eigenvalue weighted by molar-refractivity contribution is 5.98. The van der Waals surface area contributed by atoms with Crippen LogP contribution in [0.4, 0.5) is 13.2 Å². The first-order chi connectivity index (χ1) is 9.95.